The first-order valence-corrected chi connectivity index (χ1v) is 5.84. The fraction of sp³-hybridized carbons (Fsp3) is 0.333. The number of fused-ring (bicyclic) bond motifs is 1. The van der Waals surface area contributed by atoms with E-state index in [-0.39, 0.29) is 18.0 Å². The summed E-state index contributed by atoms with van der Waals surface area (Å²) in [4.78, 5) is 24.6. The Morgan fingerprint density at radius 3 is 2.79 bits per heavy atom. The summed E-state index contributed by atoms with van der Waals surface area (Å²) in [6, 6.07) is 4.74. The van der Waals surface area contributed by atoms with Gasteiger partial charge in [-0.1, -0.05) is 11.3 Å². The highest BCUT2D eigenvalue weighted by Crippen LogP contribution is 2.16. The lowest BCUT2D eigenvalue weighted by atomic mass is 10.2. The van der Waals surface area contributed by atoms with E-state index in [1.165, 1.54) is 15.6 Å². The van der Waals surface area contributed by atoms with E-state index in [9.17, 15) is 9.59 Å². The number of carboxylic acid groups (broad SMARTS) is 1. The van der Waals surface area contributed by atoms with Crippen molar-refractivity contribution in [3.63, 3.8) is 0 Å². The molecule has 1 heterocycles. The number of nitrogens with zero attached hydrogens (tertiary/aromatic N) is 4. The normalized spacial score (nSPS) is 10.6. The van der Waals surface area contributed by atoms with Crippen LogP contribution in [0.25, 0.3) is 11.0 Å². The summed E-state index contributed by atoms with van der Waals surface area (Å²) < 4.78 is 1.33. The van der Waals surface area contributed by atoms with Crippen molar-refractivity contribution in [3.8, 4) is 0 Å². The van der Waals surface area contributed by atoms with Crippen LogP contribution in [-0.2, 0) is 11.3 Å². The van der Waals surface area contributed by atoms with Crippen molar-refractivity contribution in [2.45, 2.75) is 13.5 Å². The first-order valence-electron chi connectivity index (χ1n) is 5.84. The van der Waals surface area contributed by atoms with Crippen LogP contribution in [0.4, 0.5) is 0 Å². The van der Waals surface area contributed by atoms with Crippen LogP contribution < -0.4 is 0 Å². The molecule has 0 radical (unpaired) electrons. The average molecular weight is 262 g/mol. The number of carbonyl (C=O) groups excluding carboxylic acids is 1. The second-order valence-electron chi connectivity index (χ2n) is 4.13. The number of carbonyl (C=O) groups is 2. The number of likely N-dealkylation sites (N-methyl/N-ethyl adjacent to an activating group) is 1. The van der Waals surface area contributed by atoms with E-state index < -0.39 is 5.97 Å². The molecule has 1 amide bonds. The van der Waals surface area contributed by atoms with Gasteiger partial charge in [0.05, 0.1) is 5.56 Å². The van der Waals surface area contributed by atoms with Gasteiger partial charge in [0, 0.05) is 13.6 Å². The monoisotopic (exact) mass is 262 g/mol. The number of benzene rings is 1. The minimum absolute atomic E-state index is 0.0227. The first kappa shape index (κ1) is 13.0. The zero-order chi connectivity index (χ0) is 14.0. The molecule has 0 unspecified atom stereocenters. The van der Waals surface area contributed by atoms with Gasteiger partial charge in [-0.25, -0.2) is 9.48 Å². The van der Waals surface area contributed by atoms with Crippen LogP contribution in [0.3, 0.4) is 0 Å². The third kappa shape index (κ3) is 2.40. The Morgan fingerprint density at radius 1 is 1.42 bits per heavy atom. The van der Waals surface area contributed by atoms with Crippen molar-refractivity contribution in [2.75, 3.05) is 13.6 Å². The predicted octanol–water partition coefficient (Wildman–Crippen LogP) is 0.608. The lowest BCUT2D eigenvalue weighted by molar-refractivity contribution is -0.130. The molecule has 0 aliphatic rings. The number of aromatic nitrogens is 3. The van der Waals surface area contributed by atoms with E-state index in [0.29, 0.717) is 17.6 Å². The number of amides is 1. The maximum Gasteiger partial charge on any atom is 0.337 e. The van der Waals surface area contributed by atoms with Crippen LogP contribution in [0, 0.1) is 0 Å². The van der Waals surface area contributed by atoms with Gasteiger partial charge in [-0.15, -0.1) is 5.10 Å². The Balaban J connectivity index is 2.44. The van der Waals surface area contributed by atoms with Gasteiger partial charge in [-0.05, 0) is 19.1 Å². The number of hydrogen-bond donors (Lipinski definition) is 1. The van der Waals surface area contributed by atoms with Gasteiger partial charge in [0.15, 0.2) is 0 Å². The average Bonchev–Trinajstić information content (AvgIpc) is 2.80. The van der Waals surface area contributed by atoms with Crippen molar-refractivity contribution in [3.05, 3.63) is 23.8 Å². The molecule has 0 saturated carbocycles. The molecule has 1 aromatic carbocycles. The number of rotatable bonds is 4. The molecule has 0 fully saturated rings. The smallest absolute Gasteiger partial charge is 0.337 e. The molecule has 0 atom stereocenters. The number of aromatic carboxylic acids is 1. The van der Waals surface area contributed by atoms with Crippen LogP contribution in [0.1, 0.15) is 17.3 Å². The zero-order valence-corrected chi connectivity index (χ0v) is 10.7. The Kier molecular flexibility index (Phi) is 3.46. The lowest BCUT2D eigenvalue weighted by Crippen LogP contribution is -2.30. The van der Waals surface area contributed by atoms with E-state index in [1.54, 1.807) is 19.2 Å². The molecule has 0 aliphatic carbocycles. The maximum absolute atomic E-state index is 11.9. The van der Waals surface area contributed by atoms with Crippen LogP contribution >= 0.6 is 0 Å². The summed E-state index contributed by atoms with van der Waals surface area (Å²) in [5.74, 6) is -1.21. The summed E-state index contributed by atoms with van der Waals surface area (Å²) in [5.41, 5.74) is 0.925. The molecule has 1 aromatic heterocycles. The van der Waals surface area contributed by atoms with Crippen molar-refractivity contribution in [1.82, 2.24) is 19.9 Å². The minimum Gasteiger partial charge on any atom is -0.478 e. The second-order valence-corrected chi connectivity index (χ2v) is 4.13. The van der Waals surface area contributed by atoms with Gasteiger partial charge in [0.1, 0.15) is 17.6 Å². The molecule has 7 nitrogen and oxygen atoms in total. The van der Waals surface area contributed by atoms with Crippen LogP contribution in [0.2, 0.25) is 0 Å². The molecular formula is C12H14N4O3. The topological polar surface area (TPSA) is 88.3 Å². The van der Waals surface area contributed by atoms with Gasteiger partial charge < -0.3 is 10.0 Å². The quantitative estimate of drug-likeness (QED) is 0.872. The maximum atomic E-state index is 11.9. The van der Waals surface area contributed by atoms with E-state index >= 15 is 0 Å². The number of hydrogen-bond acceptors (Lipinski definition) is 4. The highest BCUT2D eigenvalue weighted by molar-refractivity contribution is 6.01. The molecule has 2 rings (SSSR count). The van der Waals surface area contributed by atoms with Gasteiger partial charge >= 0.3 is 5.97 Å². The highest BCUT2D eigenvalue weighted by Gasteiger charge is 2.17. The molecular weight excluding hydrogens is 248 g/mol. The van der Waals surface area contributed by atoms with E-state index in [4.69, 9.17) is 5.11 Å². The zero-order valence-electron chi connectivity index (χ0n) is 10.7. The third-order valence-electron chi connectivity index (χ3n) is 2.95. The summed E-state index contributed by atoms with van der Waals surface area (Å²) >= 11 is 0. The molecule has 0 spiro atoms. The molecule has 2 aromatic rings. The van der Waals surface area contributed by atoms with Crippen molar-refractivity contribution < 1.29 is 14.7 Å². The Morgan fingerprint density at radius 2 is 2.16 bits per heavy atom. The SMILES string of the molecule is CCN(C)C(=O)Cn1nnc2cccc(C(=O)O)c21. The summed E-state index contributed by atoms with van der Waals surface area (Å²) in [7, 11) is 1.68. The fourth-order valence-corrected chi connectivity index (χ4v) is 1.74. The first-order chi connectivity index (χ1) is 9.04. The van der Waals surface area contributed by atoms with Gasteiger partial charge in [0.25, 0.3) is 0 Å². The number of para-hydroxylation sites is 1. The van der Waals surface area contributed by atoms with E-state index in [2.05, 4.69) is 10.3 Å². The molecule has 19 heavy (non-hydrogen) atoms. The van der Waals surface area contributed by atoms with Crippen molar-refractivity contribution in [1.29, 1.82) is 0 Å². The third-order valence-corrected chi connectivity index (χ3v) is 2.95. The van der Waals surface area contributed by atoms with Gasteiger partial charge in [-0.3, -0.25) is 4.79 Å². The number of carboxylic acids is 1. The Labute approximate surface area is 109 Å². The highest BCUT2D eigenvalue weighted by atomic mass is 16.4. The van der Waals surface area contributed by atoms with E-state index in [1.807, 2.05) is 6.92 Å². The molecule has 0 aliphatic heterocycles. The molecule has 0 saturated heterocycles. The van der Waals surface area contributed by atoms with Crippen molar-refractivity contribution >= 4 is 22.9 Å². The molecule has 7 heteroatoms. The largest absolute Gasteiger partial charge is 0.478 e. The van der Waals surface area contributed by atoms with Gasteiger partial charge in [0.2, 0.25) is 5.91 Å². The minimum atomic E-state index is -1.06. The summed E-state index contributed by atoms with van der Waals surface area (Å²) in [6.07, 6.45) is 0. The van der Waals surface area contributed by atoms with Gasteiger partial charge in [-0.2, -0.15) is 0 Å². The van der Waals surface area contributed by atoms with E-state index in [0.717, 1.165) is 0 Å². The fourth-order valence-electron chi connectivity index (χ4n) is 1.74. The summed E-state index contributed by atoms with van der Waals surface area (Å²) in [5, 5.41) is 16.9. The molecule has 100 valence electrons. The summed E-state index contributed by atoms with van der Waals surface area (Å²) in [6.45, 7) is 2.42. The van der Waals surface area contributed by atoms with Crippen molar-refractivity contribution in [2.24, 2.45) is 0 Å². The lowest BCUT2D eigenvalue weighted by Gasteiger charge is -2.14. The predicted molar refractivity (Wildman–Crippen MR) is 67.8 cm³/mol. The standard InChI is InChI=1S/C12H14N4O3/c1-3-15(2)10(17)7-16-11-8(12(18)19)5-4-6-9(11)13-14-16/h4-6H,3,7H2,1-2H3,(H,18,19). The van der Waals surface area contributed by atoms with Crippen LogP contribution in [0.5, 0.6) is 0 Å². The second kappa shape index (κ2) is 5.05. The van der Waals surface area contributed by atoms with Crippen LogP contribution in [-0.4, -0.2) is 50.5 Å². The Hall–Kier alpha value is -2.44. The molecule has 1 N–H and O–H groups in total. The Bertz CT molecular complexity index is 635. The molecule has 0 bridgehead atoms. The van der Waals surface area contributed by atoms with Crippen LogP contribution in [0.15, 0.2) is 18.2 Å².